The van der Waals surface area contributed by atoms with Gasteiger partial charge in [0.1, 0.15) is 5.69 Å². The van der Waals surface area contributed by atoms with Gasteiger partial charge in [0.15, 0.2) is 0 Å². The Morgan fingerprint density at radius 2 is 1.81 bits per heavy atom. The first-order valence-electron chi connectivity index (χ1n) is 12.3. The molecule has 4 rings (SSSR count). The number of amides is 1. The number of pyridine rings is 1. The fourth-order valence-corrected chi connectivity index (χ4v) is 4.88. The van der Waals surface area contributed by atoms with E-state index in [1.165, 1.54) is 7.11 Å². The van der Waals surface area contributed by atoms with Crippen LogP contribution in [0.5, 0.6) is 0 Å². The molecule has 1 fully saturated rings. The third kappa shape index (κ3) is 6.58. The van der Waals surface area contributed by atoms with Crippen molar-refractivity contribution < 1.29 is 27.5 Å². The summed E-state index contributed by atoms with van der Waals surface area (Å²) in [5.74, 6) is -1.44. The van der Waals surface area contributed by atoms with Crippen LogP contribution in [-0.4, -0.2) is 36.1 Å². The number of benzene rings is 2. The number of rotatable bonds is 7. The number of halogens is 3. The minimum Gasteiger partial charge on any atom is -0.469 e. The smallest absolute Gasteiger partial charge is 0.433 e. The number of aromatic nitrogens is 1. The molecule has 3 atom stereocenters. The number of nitrogens with one attached hydrogen (secondary N) is 2. The SMILES string of the molecule is COC(=O)C[C@@H](C(=O)N[C@@H]1CCC[C@H](Nc2cc(C(F)(F)F)nc3ccc(C)cc23)C1)c1ccccc1. The highest BCUT2D eigenvalue weighted by Gasteiger charge is 2.34. The first kappa shape index (κ1) is 26.4. The van der Waals surface area contributed by atoms with Gasteiger partial charge in [0.2, 0.25) is 5.91 Å². The lowest BCUT2D eigenvalue weighted by Gasteiger charge is -2.32. The monoisotopic (exact) mass is 513 g/mol. The van der Waals surface area contributed by atoms with Crippen LogP contribution in [0.1, 0.15) is 54.8 Å². The van der Waals surface area contributed by atoms with Crippen molar-refractivity contribution >= 4 is 28.5 Å². The third-order valence-electron chi connectivity index (χ3n) is 6.75. The number of fused-ring (bicyclic) bond motifs is 1. The maximum absolute atomic E-state index is 13.5. The molecule has 0 unspecified atom stereocenters. The van der Waals surface area contributed by atoms with Crippen LogP contribution in [0.25, 0.3) is 10.9 Å². The van der Waals surface area contributed by atoms with Gasteiger partial charge in [0.25, 0.3) is 0 Å². The molecule has 2 aromatic carbocycles. The summed E-state index contributed by atoms with van der Waals surface area (Å²) in [4.78, 5) is 29.0. The zero-order chi connectivity index (χ0) is 26.6. The molecule has 9 heteroatoms. The largest absolute Gasteiger partial charge is 0.469 e. The van der Waals surface area contributed by atoms with Crippen molar-refractivity contribution in [3.63, 3.8) is 0 Å². The zero-order valence-corrected chi connectivity index (χ0v) is 20.8. The van der Waals surface area contributed by atoms with Crippen LogP contribution in [0.2, 0.25) is 0 Å². The summed E-state index contributed by atoms with van der Waals surface area (Å²) < 4.78 is 45.3. The molecule has 1 aliphatic rings. The Bertz CT molecular complexity index is 1260. The number of hydrogen-bond donors (Lipinski definition) is 2. The van der Waals surface area contributed by atoms with Gasteiger partial charge in [-0.2, -0.15) is 13.2 Å². The second kappa shape index (κ2) is 11.2. The van der Waals surface area contributed by atoms with Crippen molar-refractivity contribution in [2.75, 3.05) is 12.4 Å². The summed E-state index contributed by atoms with van der Waals surface area (Å²) in [6.45, 7) is 1.88. The molecule has 3 aromatic rings. The predicted octanol–water partition coefficient (Wildman–Crippen LogP) is 5.75. The normalized spacial score (nSPS) is 18.7. The van der Waals surface area contributed by atoms with Crippen LogP contribution < -0.4 is 10.6 Å². The summed E-state index contributed by atoms with van der Waals surface area (Å²) >= 11 is 0. The van der Waals surface area contributed by atoms with Crippen LogP contribution in [-0.2, 0) is 20.5 Å². The lowest BCUT2D eigenvalue weighted by Crippen LogP contribution is -2.44. The van der Waals surface area contributed by atoms with Crippen molar-refractivity contribution in [1.82, 2.24) is 10.3 Å². The Kier molecular flexibility index (Phi) is 8.00. The molecule has 196 valence electrons. The van der Waals surface area contributed by atoms with Crippen molar-refractivity contribution in [2.45, 2.75) is 63.2 Å². The van der Waals surface area contributed by atoms with Crippen molar-refractivity contribution in [3.05, 3.63) is 71.4 Å². The van der Waals surface area contributed by atoms with Crippen LogP contribution in [0.3, 0.4) is 0 Å². The van der Waals surface area contributed by atoms with Crippen LogP contribution in [0.15, 0.2) is 54.6 Å². The van der Waals surface area contributed by atoms with Crippen molar-refractivity contribution in [3.8, 4) is 0 Å². The second-order valence-corrected chi connectivity index (χ2v) is 9.53. The molecule has 2 N–H and O–H groups in total. The predicted molar refractivity (Wildman–Crippen MR) is 135 cm³/mol. The van der Waals surface area contributed by atoms with E-state index in [1.54, 1.807) is 24.3 Å². The van der Waals surface area contributed by atoms with Gasteiger partial charge in [-0.05, 0) is 56.4 Å². The van der Waals surface area contributed by atoms with Crippen molar-refractivity contribution in [1.29, 1.82) is 0 Å². The third-order valence-corrected chi connectivity index (χ3v) is 6.75. The van der Waals surface area contributed by atoms with Crippen molar-refractivity contribution in [2.24, 2.45) is 0 Å². The molecule has 1 amide bonds. The minimum absolute atomic E-state index is 0.0800. The Morgan fingerprint density at radius 3 is 2.51 bits per heavy atom. The number of aryl methyl sites for hydroxylation is 1. The van der Waals surface area contributed by atoms with Crippen LogP contribution in [0.4, 0.5) is 18.9 Å². The van der Waals surface area contributed by atoms with E-state index in [2.05, 4.69) is 15.6 Å². The number of anilines is 1. The highest BCUT2D eigenvalue weighted by molar-refractivity contribution is 5.92. The molecule has 0 aliphatic heterocycles. The Hall–Kier alpha value is -3.62. The molecule has 0 radical (unpaired) electrons. The number of ether oxygens (including phenoxy) is 1. The van der Waals surface area contributed by atoms with Crippen LogP contribution in [0, 0.1) is 6.92 Å². The number of nitrogens with zero attached hydrogens (tertiary/aromatic N) is 1. The summed E-state index contributed by atoms with van der Waals surface area (Å²) in [6, 6.07) is 15.0. The molecular formula is C28H30F3N3O3. The number of methoxy groups -OCH3 is 1. The van der Waals surface area contributed by atoms with E-state index in [1.807, 2.05) is 31.2 Å². The number of carbonyl (C=O) groups excluding carboxylic acids is 2. The summed E-state index contributed by atoms with van der Waals surface area (Å²) in [7, 11) is 1.29. The number of esters is 1. The van der Waals surface area contributed by atoms with E-state index >= 15 is 0 Å². The van der Waals surface area contributed by atoms with Gasteiger partial charge in [-0.1, -0.05) is 42.0 Å². The molecule has 1 aliphatic carbocycles. The first-order valence-corrected chi connectivity index (χ1v) is 12.3. The average Bonchev–Trinajstić information content (AvgIpc) is 2.87. The topological polar surface area (TPSA) is 80.3 Å². The lowest BCUT2D eigenvalue weighted by molar-refractivity contribution is -0.143. The molecule has 37 heavy (non-hydrogen) atoms. The van der Waals surface area contributed by atoms with E-state index in [0.717, 1.165) is 30.9 Å². The maximum atomic E-state index is 13.5. The van der Waals surface area contributed by atoms with E-state index in [0.29, 0.717) is 23.1 Å². The van der Waals surface area contributed by atoms with Gasteiger partial charge >= 0.3 is 12.1 Å². The minimum atomic E-state index is -4.56. The Labute approximate surface area is 213 Å². The zero-order valence-electron chi connectivity index (χ0n) is 20.8. The number of alkyl halides is 3. The quantitative estimate of drug-likeness (QED) is 0.394. The number of hydrogen-bond acceptors (Lipinski definition) is 5. The number of carbonyl (C=O) groups is 2. The molecule has 0 saturated heterocycles. The Balaban J connectivity index is 1.51. The molecule has 1 heterocycles. The van der Waals surface area contributed by atoms with Gasteiger partial charge in [-0.3, -0.25) is 9.59 Å². The average molecular weight is 514 g/mol. The van der Waals surface area contributed by atoms with Gasteiger partial charge < -0.3 is 15.4 Å². The van der Waals surface area contributed by atoms with Gasteiger partial charge in [-0.15, -0.1) is 0 Å². The summed E-state index contributed by atoms with van der Waals surface area (Å²) in [5, 5.41) is 7.00. The fourth-order valence-electron chi connectivity index (χ4n) is 4.88. The van der Waals surface area contributed by atoms with E-state index in [9.17, 15) is 22.8 Å². The fraction of sp³-hybridized carbons (Fsp3) is 0.393. The van der Waals surface area contributed by atoms with Crippen LogP contribution >= 0.6 is 0 Å². The van der Waals surface area contributed by atoms with Gasteiger partial charge in [0.05, 0.1) is 25.0 Å². The molecule has 1 saturated carbocycles. The lowest BCUT2D eigenvalue weighted by atomic mass is 9.89. The Morgan fingerprint density at radius 1 is 1.08 bits per heavy atom. The highest BCUT2D eigenvalue weighted by Crippen LogP contribution is 2.35. The maximum Gasteiger partial charge on any atom is 0.433 e. The summed E-state index contributed by atoms with van der Waals surface area (Å²) in [6.07, 6.45) is -1.80. The highest BCUT2D eigenvalue weighted by atomic mass is 19.4. The summed E-state index contributed by atoms with van der Waals surface area (Å²) in [5.41, 5.74) is 1.35. The van der Waals surface area contributed by atoms with Gasteiger partial charge in [-0.25, -0.2) is 4.98 Å². The van der Waals surface area contributed by atoms with E-state index in [4.69, 9.17) is 4.74 Å². The molecular weight excluding hydrogens is 483 g/mol. The molecule has 1 aromatic heterocycles. The van der Waals surface area contributed by atoms with E-state index in [-0.39, 0.29) is 29.9 Å². The van der Waals surface area contributed by atoms with E-state index < -0.39 is 23.8 Å². The first-order chi connectivity index (χ1) is 17.6. The standard InChI is InChI=1S/C28H30F3N3O3/c1-17-11-12-23-22(13-17)24(16-25(34-23)28(29,30)31)32-19-9-6-10-20(14-19)33-27(36)21(15-26(35)37-2)18-7-4-3-5-8-18/h3-5,7-8,11-13,16,19-21H,6,9-10,14-15H2,1-2H3,(H,32,34)(H,33,36)/t19-,20+,21+/m0/s1. The molecule has 0 spiro atoms. The van der Waals surface area contributed by atoms with Gasteiger partial charge in [0, 0.05) is 23.2 Å². The second-order valence-electron chi connectivity index (χ2n) is 9.53. The molecule has 6 nitrogen and oxygen atoms in total. The molecule has 0 bridgehead atoms.